The van der Waals surface area contributed by atoms with Crippen molar-refractivity contribution in [3.63, 3.8) is 0 Å². The second kappa shape index (κ2) is 6.51. The predicted molar refractivity (Wildman–Crippen MR) is 69.4 cm³/mol. The molecule has 3 nitrogen and oxygen atoms in total. The van der Waals surface area contributed by atoms with E-state index in [4.69, 9.17) is 9.47 Å². The average molecular weight is 307 g/mol. The van der Waals surface area contributed by atoms with E-state index in [1.165, 1.54) is 18.2 Å². The average Bonchev–Trinajstić information content (AvgIpc) is 2.47. The number of alkyl halides is 4. The summed E-state index contributed by atoms with van der Waals surface area (Å²) in [4.78, 5) is 0. The number of rotatable bonds is 6. The van der Waals surface area contributed by atoms with Gasteiger partial charge in [0.05, 0.1) is 0 Å². The molecule has 0 aliphatic carbocycles. The van der Waals surface area contributed by atoms with Gasteiger partial charge >= 0.3 is 12.3 Å². The van der Waals surface area contributed by atoms with Crippen LogP contribution in [0.25, 0.3) is 0 Å². The molecule has 118 valence electrons. The lowest BCUT2D eigenvalue weighted by Crippen LogP contribution is -2.42. The largest absolute Gasteiger partial charge is 0.486 e. The molecule has 2 rings (SSSR count). The second-order valence-corrected chi connectivity index (χ2v) is 4.77. The highest BCUT2D eigenvalue weighted by Gasteiger charge is 2.49. The summed E-state index contributed by atoms with van der Waals surface area (Å²) in [5.74, 6) is -3.44. The van der Waals surface area contributed by atoms with Gasteiger partial charge in [0.1, 0.15) is 19.3 Å². The minimum absolute atomic E-state index is 0.0537. The van der Waals surface area contributed by atoms with E-state index in [-0.39, 0.29) is 12.1 Å². The monoisotopic (exact) mass is 307 g/mol. The summed E-state index contributed by atoms with van der Waals surface area (Å²) in [6, 6.07) is 2.38. The lowest BCUT2D eigenvalue weighted by atomic mass is 9.99. The Balaban J connectivity index is 2.32. The fourth-order valence-electron chi connectivity index (χ4n) is 2.13. The normalized spacial score (nSPS) is 16.1. The number of fused-ring (bicyclic) bond motifs is 1. The number of hydrogen-bond donors (Lipinski definition) is 1. The standard InChI is InChI=1S/C14H17F4NO2/c1-2-5-19-12(14(17,18)13(15)16)9-3-4-10-11(8-9)21-7-6-20-10/h3-4,8,12-13,19H,2,5-7H2,1H3. The van der Waals surface area contributed by atoms with Crippen molar-refractivity contribution in [2.45, 2.75) is 31.7 Å². The molecule has 1 aromatic carbocycles. The molecule has 1 heterocycles. The number of ether oxygens (including phenoxy) is 2. The summed E-state index contributed by atoms with van der Waals surface area (Å²) >= 11 is 0. The smallest absolute Gasteiger partial charge is 0.326 e. The molecule has 1 aliphatic rings. The van der Waals surface area contributed by atoms with Gasteiger partial charge in [0.15, 0.2) is 11.5 Å². The molecule has 0 saturated heterocycles. The fourth-order valence-corrected chi connectivity index (χ4v) is 2.13. The van der Waals surface area contributed by atoms with Crippen LogP contribution in [0.3, 0.4) is 0 Å². The van der Waals surface area contributed by atoms with E-state index >= 15 is 0 Å². The van der Waals surface area contributed by atoms with Crippen molar-refractivity contribution in [1.82, 2.24) is 5.32 Å². The lowest BCUT2D eigenvalue weighted by molar-refractivity contribution is -0.151. The summed E-state index contributed by atoms with van der Waals surface area (Å²) in [7, 11) is 0. The van der Waals surface area contributed by atoms with Gasteiger partial charge in [-0.05, 0) is 30.7 Å². The Morgan fingerprint density at radius 3 is 2.48 bits per heavy atom. The zero-order valence-corrected chi connectivity index (χ0v) is 11.5. The van der Waals surface area contributed by atoms with Gasteiger partial charge in [0.25, 0.3) is 0 Å². The molecule has 0 fully saturated rings. The first-order chi connectivity index (χ1) is 9.96. The molecule has 0 aromatic heterocycles. The topological polar surface area (TPSA) is 30.5 Å². The van der Waals surface area contributed by atoms with Crippen LogP contribution >= 0.6 is 0 Å². The quantitative estimate of drug-likeness (QED) is 0.817. The Kier molecular flexibility index (Phi) is 4.92. The van der Waals surface area contributed by atoms with Crippen molar-refractivity contribution >= 4 is 0 Å². The lowest BCUT2D eigenvalue weighted by Gasteiger charge is -2.28. The van der Waals surface area contributed by atoms with Gasteiger partial charge in [0, 0.05) is 0 Å². The second-order valence-electron chi connectivity index (χ2n) is 4.77. The highest BCUT2D eigenvalue weighted by Crippen LogP contribution is 2.40. The first-order valence-electron chi connectivity index (χ1n) is 6.75. The van der Waals surface area contributed by atoms with Crippen molar-refractivity contribution < 1.29 is 27.0 Å². The van der Waals surface area contributed by atoms with Crippen molar-refractivity contribution in [2.75, 3.05) is 19.8 Å². The van der Waals surface area contributed by atoms with Gasteiger partial charge in [-0.15, -0.1) is 0 Å². The number of halogens is 4. The minimum atomic E-state index is -4.17. The van der Waals surface area contributed by atoms with E-state index in [2.05, 4.69) is 5.32 Å². The van der Waals surface area contributed by atoms with Crippen LogP contribution in [0.1, 0.15) is 24.9 Å². The SMILES string of the molecule is CCCNC(c1ccc2c(c1)OCCO2)C(F)(F)C(F)F. The minimum Gasteiger partial charge on any atom is -0.486 e. The molecule has 0 spiro atoms. The van der Waals surface area contributed by atoms with Crippen molar-refractivity contribution in [3.8, 4) is 11.5 Å². The van der Waals surface area contributed by atoms with Gasteiger partial charge in [0.2, 0.25) is 0 Å². The Hall–Kier alpha value is -1.50. The molecule has 0 saturated carbocycles. The van der Waals surface area contributed by atoms with Gasteiger partial charge in [-0.1, -0.05) is 13.0 Å². The van der Waals surface area contributed by atoms with E-state index in [1.807, 2.05) is 0 Å². The Bertz CT molecular complexity index is 482. The zero-order chi connectivity index (χ0) is 15.5. The summed E-state index contributed by atoms with van der Waals surface area (Å²) in [6.45, 7) is 2.65. The van der Waals surface area contributed by atoms with Gasteiger partial charge in [-0.3, -0.25) is 0 Å². The maximum absolute atomic E-state index is 13.8. The van der Waals surface area contributed by atoms with E-state index in [1.54, 1.807) is 6.92 Å². The van der Waals surface area contributed by atoms with Crippen molar-refractivity contribution in [3.05, 3.63) is 23.8 Å². The van der Waals surface area contributed by atoms with Gasteiger partial charge in [-0.25, -0.2) is 8.78 Å². The molecule has 1 atom stereocenters. The van der Waals surface area contributed by atoms with Crippen LogP contribution in [-0.4, -0.2) is 32.1 Å². The van der Waals surface area contributed by atoms with E-state index in [9.17, 15) is 17.6 Å². The zero-order valence-electron chi connectivity index (χ0n) is 11.5. The van der Waals surface area contributed by atoms with E-state index in [0.29, 0.717) is 31.1 Å². The fraction of sp³-hybridized carbons (Fsp3) is 0.571. The van der Waals surface area contributed by atoms with Gasteiger partial charge < -0.3 is 14.8 Å². The molecule has 1 aromatic rings. The summed E-state index contributed by atoms with van der Waals surface area (Å²) in [5, 5.41) is 2.49. The third-order valence-corrected chi connectivity index (χ3v) is 3.17. The third-order valence-electron chi connectivity index (χ3n) is 3.17. The highest BCUT2D eigenvalue weighted by atomic mass is 19.3. The van der Waals surface area contributed by atoms with Crippen LogP contribution in [0.5, 0.6) is 11.5 Å². The Morgan fingerprint density at radius 1 is 1.19 bits per heavy atom. The first kappa shape index (κ1) is 15.9. The maximum Gasteiger partial charge on any atom is 0.326 e. The summed E-state index contributed by atoms with van der Waals surface area (Å²) in [6.07, 6.45) is -3.19. The van der Waals surface area contributed by atoms with E-state index < -0.39 is 18.4 Å². The number of hydrogen-bond acceptors (Lipinski definition) is 3. The molecule has 21 heavy (non-hydrogen) atoms. The highest BCUT2D eigenvalue weighted by molar-refractivity contribution is 5.45. The summed E-state index contributed by atoms with van der Waals surface area (Å²) in [5.41, 5.74) is 0.0537. The van der Waals surface area contributed by atoms with Crippen LogP contribution in [-0.2, 0) is 0 Å². The van der Waals surface area contributed by atoms with Crippen LogP contribution in [0.15, 0.2) is 18.2 Å². The Morgan fingerprint density at radius 2 is 1.86 bits per heavy atom. The molecule has 1 aliphatic heterocycles. The number of benzene rings is 1. The Labute approximate surface area is 120 Å². The van der Waals surface area contributed by atoms with Crippen LogP contribution < -0.4 is 14.8 Å². The molecule has 7 heteroatoms. The third kappa shape index (κ3) is 3.40. The first-order valence-corrected chi connectivity index (χ1v) is 6.75. The predicted octanol–water partition coefficient (Wildman–Crippen LogP) is 3.40. The summed E-state index contributed by atoms with van der Waals surface area (Å²) < 4.78 is 63.5. The van der Waals surface area contributed by atoms with E-state index in [0.717, 1.165) is 0 Å². The molecule has 1 unspecified atom stereocenters. The molecule has 0 bridgehead atoms. The number of nitrogens with one attached hydrogen (secondary N) is 1. The van der Waals surface area contributed by atoms with Crippen LogP contribution in [0, 0.1) is 0 Å². The molecular formula is C14H17F4NO2. The van der Waals surface area contributed by atoms with Crippen molar-refractivity contribution in [1.29, 1.82) is 0 Å². The van der Waals surface area contributed by atoms with Crippen molar-refractivity contribution in [2.24, 2.45) is 0 Å². The van der Waals surface area contributed by atoms with Crippen LogP contribution in [0.4, 0.5) is 17.6 Å². The van der Waals surface area contributed by atoms with Gasteiger partial charge in [-0.2, -0.15) is 8.78 Å². The molecule has 1 N–H and O–H groups in total. The molecule has 0 radical (unpaired) electrons. The molecule has 0 amide bonds. The maximum atomic E-state index is 13.8. The van der Waals surface area contributed by atoms with Crippen LogP contribution in [0.2, 0.25) is 0 Å². The molecular weight excluding hydrogens is 290 g/mol.